The number of halogens is 1. The molecular weight excluding hydrogens is 278 g/mol. The highest BCUT2D eigenvalue weighted by Crippen LogP contribution is 2.11. The van der Waals surface area contributed by atoms with Gasteiger partial charge in [0.25, 0.3) is 0 Å². The lowest BCUT2D eigenvalue weighted by molar-refractivity contribution is -0.121. The first-order chi connectivity index (χ1) is 8.06. The molecule has 8 heteroatoms. The van der Waals surface area contributed by atoms with Crippen molar-refractivity contribution in [3.05, 3.63) is 0 Å². The summed E-state index contributed by atoms with van der Waals surface area (Å²) >= 11 is 0. The number of rotatable bonds is 7. The van der Waals surface area contributed by atoms with Crippen LogP contribution in [0.1, 0.15) is 19.8 Å². The van der Waals surface area contributed by atoms with Gasteiger partial charge in [-0.3, -0.25) is 4.79 Å². The van der Waals surface area contributed by atoms with Gasteiger partial charge in [-0.25, -0.2) is 8.42 Å². The summed E-state index contributed by atoms with van der Waals surface area (Å²) in [5, 5.41) is 5.85. The molecule has 0 spiro atoms. The minimum atomic E-state index is -3.16. The lowest BCUT2D eigenvalue weighted by Gasteiger charge is -2.13. The van der Waals surface area contributed by atoms with Crippen molar-refractivity contribution in [3.8, 4) is 0 Å². The van der Waals surface area contributed by atoms with Crippen LogP contribution in [0, 0.1) is 0 Å². The van der Waals surface area contributed by atoms with Crippen molar-refractivity contribution >= 4 is 28.3 Å². The standard InChI is InChI=1S/C10H21N3O3S.ClH/c1-2-4-11-5-6-12-10(14)9-13-7-3-8-17(13,15)16;/h11H,2-9H2,1H3,(H,12,14);1H. The van der Waals surface area contributed by atoms with Gasteiger partial charge in [0.2, 0.25) is 15.9 Å². The second kappa shape index (κ2) is 8.68. The quantitative estimate of drug-likeness (QED) is 0.625. The smallest absolute Gasteiger partial charge is 0.235 e. The summed E-state index contributed by atoms with van der Waals surface area (Å²) in [5.41, 5.74) is 0. The normalized spacial score (nSPS) is 18.3. The van der Waals surface area contributed by atoms with Crippen molar-refractivity contribution in [3.63, 3.8) is 0 Å². The monoisotopic (exact) mass is 299 g/mol. The molecule has 0 saturated carbocycles. The summed E-state index contributed by atoms with van der Waals surface area (Å²) in [5.74, 6) is -0.0630. The van der Waals surface area contributed by atoms with E-state index in [1.54, 1.807) is 0 Å². The second-order valence-corrected chi connectivity index (χ2v) is 6.19. The van der Waals surface area contributed by atoms with Crippen molar-refractivity contribution in [2.24, 2.45) is 0 Å². The van der Waals surface area contributed by atoms with Crippen LogP contribution in [0.4, 0.5) is 0 Å². The van der Waals surface area contributed by atoms with Crippen molar-refractivity contribution in [1.29, 1.82) is 0 Å². The average molecular weight is 300 g/mol. The maximum atomic E-state index is 11.5. The largest absolute Gasteiger partial charge is 0.354 e. The molecule has 0 unspecified atom stereocenters. The number of hydrogen-bond donors (Lipinski definition) is 2. The Hall–Kier alpha value is -0.370. The van der Waals surface area contributed by atoms with Crippen LogP contribution in [0.15, 0.2) is 0 Å². The first-order valence-electron chi connectivity index (χ1n) is 6.01. The number of nitrogens with zero attached hydrogens (tertiary/aromatic N) is 1. The van der Waals surface area contributed by atoms with E-state index in [0.717, 1.165) is 13.0 Å². The molecule has 0 aliphatic carbocycles. The molecule has 0 atom stereocenters. The highest BCUT2D eigenvalue weighted by Gasteiger charge is 2.29. The minimum Gasteiger partial charge on any atom is -0.354 e. The highest BCUT2D eigenvalue weighted by molar-refractivity contribution is 7.89. The molecule has 1 saturated heterocycles. The first kappa shape index (κ1) is 17.6. The minimum absolute atomic E-state index is 0. The third-order valence-corrected chi connectivity index (χ3v) is 4.48. The van der Waals surface area contributed by atoms with Gasteiger partial charge in [-0.05, 0) is 19.4 Å². The number of carbonyl (C=O) groups excluding carboxylic acids is 1. The van der Waals surface area contributed by atoms with Crippen LogP contribution >= 0.6 is 12.4 Å². The van der Waals surface area contributed by atoms with Crippen LogP contribution in [0.3, 0.4) is 0 Å². The first-order valence-corrected chi connectivity index (χ1v) is 7.62. The third-order valence-electron chi connectivity index (χ3n) is 2.57. The molecule has 108 valence electrons. The topological polar surface area (TPSA) is 78.5 Å². The molecule has 0 aromatic heterocycles. The van der Waals surface area contributed by atoms with Crippen molar-refractivity contribution in [2.75, 3.05) is 38.5 Å². The van der Waals surface area contributed by atoms with E-state index in [-0.39, 0.29) is 30.6 Å². The molecule has 0 bridgehead atoms. The summed E-state index contributed by atoms with van der Waals surface area (Å²) in [6, 6.07) is 0. The Kier molecular flexibility index (Phi) is 8.51. The van der Waals surface area contributed by atoms with Gasteiger partial charge < -0.3 is 10.6 Å². The van der Waals surface area contributed by atoms with Gasteiger partial charge in [-0.2, -0.15) is 4.31 Å². The molecule has 0 radical (unpaired) electrons. The molecule has 0 aromatic carbocycles. The predicted molar refractivity (Wildman–Crippen MR) is 73.4 cm³/mol. The van der Waals surface area contributed by atoms with Gasteiger partial charge in [0.05, 0.1) is 12.3 Å². The zero-order valence-electron chi connectivity index (χ0n) is 10.6. The Labute approximate surface area is 115 Å². The molecule has 1 amide bonds. The summed E-state index contributed by atoms with van der Waals surface area (Å²) < 4.78 is 24.1. The predicted octanol–water partition coefficient (Wildman–Crippen LogP) is -0.440. The lowest BCUT2D eigenvalue weighted by atomic mass is 10.4. The SMILES string of the molecule is CCCNCCNC(=O)CN1CCCS1(=O)=O.Cl. The molecule has 2 N–H and O–H groups in total. The Bertz CT molecular complexity index is 348. The summed E-state index contributed by atoms with van der Waals surface area (Å²) in [4.78, 5) is 11.5. The fourth-order valence-corrected chi connectivity index (χ4v) is 3.15. The molecule has 6 nitrogen and oxygen atoms in total. The van der Waals surface area contributed by atoms with Crippen LogP contribution in [0.5, 0.6) is 0 Å². The number of sulfonamides is 1. The number of amides is 1. The maximum absolute atomic E-state index is 11.5. The molecule has 1 heterocycles. The average Bonchev–Trinajstić information content (AvgIpc) is 2.58. The van der Waals surface area contributed by atoms with Crippen LogP contribution in [0.2, 0.25) is 0 Å². The van der Waals surface area contributed by atoms with Crippen molar-refractivity contribution in [2.45, 2.75) is 19.8 Å². The highest BCUT2D eigenvalue weighted by atomic mass is 35.5. The molecular formula is C10H22ClN3O3S. The molecule has 18 heavy (non-hydrogen) atoms. The van der Waals surface area contributed by atoms with E-state index in [1.165, 1.54) is 4.31 Å². The molecule has 1 fully saturated rings. The van der Waals surface area contributed by atoms with E-state index in [1.807, 2.05) is 0 Å². The Morgan fingerprint density at radius 1 is 1.28 bits per heavy atom. The number of hydrogen-bond acceptors (Lipinski definition) is 4. The summed E-state index contributed by atoms with van der Waals surface area (Å²) in [7, 11) is -3.16. The van der Waals surface area contributed by atoms with E-state index >= 15 is 0 Å². The maximum Gasteiger partial charge on any atom is 0.235 e. The number of carbonyl (C=O) groups is 1. The Morgan fingerprint density at radius 2 is 2.00 bits per heavy atom. The van der Waals surface area contributed by atoms with Crippen molar-refractivity contribution < 1.29 is 13.2 Å². The van der Waals surface area contributed by atoms with E-state index in [2.05, 4.69) is 17.6 Å². The van der Waals surface area contributed by atoms with Gasteiger partial charge in [-0.15, -0.1) is 12.4 Å². The molecule has 1 rings (SSSR count). The molecule has 1 aliphatic rings. The van der Waals surface area contributed by atoms with Crippen LogP contribution < -0.4 is 10.6 Å². The van der Waals surface area contributed by atoms with E-state index < -0.39 is 10.0 Å². The van der Waals surface area contributed by atoms with E-state index in [9.17, 15) is 13.2 Å². The summed E-state index contributed by atoms with van der Waals surface area (Å²) in [6.07, 6.45) is 1.67. The number of nitrogens with one attached hydrogen (secondary N) is 2. The van der Waals surface area contributed by atoms with Crippen molar-refractivity contribution in [1.82, 2.24) is 14.9 Å². The van der Waals surface area contributed by atoms with Crippen LogP contribution in [0.25, 0.3) is 0 Å². The fourth-order valence-electron chi connectivity index (χ4n) is 1.68. The van der Waals surface area contributed by atoms with Gasteiger partial charge in [0, 0.05) is 19.6 Å². The van der Waals surface area contributed by atoms with Gasteiger partial charge in [0.15, 0.2) is 0 Å². The van der Waals surface area contributed by atoms with Gasteiger partial charge in [-0.1, -0.05) is 6.92 Å². The second-order valence-electron chi connectivity index (χ2n) is 4.10. The van der Waals surface area contributed by atoms with Crippen LogP contribution in [-0.2, 0) is 14.8 Å². The Morgan fingerprint density at radius 3 is 2.56 bits per heavy atom. The van der Waals surface area contributed by atoms with Gasteiger partial charge >= 0.3 is 0 Å². The fraction of sp³-hybridized carbons (Fsp3) is 0.900. The molecule has 1 aliphatic heterocycles. The zero-order valence-corrected chi connectivity index (χ0v) is 12.3. The van der Waals surface area contributed by atoms with E-state index in [4.69, 9.17) is 0 Å². The lowest BCUT2D eigenvalue weighted by Crippen LogP contribution is -2.40. The third kappa shape index (κ3) is 5.99. The van der Waals surface area contributed by atoms with E-state index in [0.29, 0.717) is 26.1 Å². The summed E-state index contributed by atoms with van der Waals surface area (Å²) in [6.45, 7) is 4.67. The molecule has 0 aromatic rings. The Balaban J connectivity index is 0.00000289. The zero-order chi connectivity index (χ0) is 12.7. The van der Waals surface area contributed by atoms with Crippen LogP contribution in [-0.4, -0.2) is 57.1 Å². The van der Waals surface area contributed by atoms with Gasteiger partial charge in [0.1, 0.15) is 0 Å².